The Kier molecular flexibility index (Phi) is 6.76. The predicted molar refractivity (Wildman–Crippen MR) is 69.2 cm³/mol. The summed E-state index contributed by atoms with van der Waals surface area (Å²) in [5, 5.41) is 2.40. The van der Waals surface area contributed by atoms with Gasteiger partial charge in [0.05, 0.1) is 6.04 Å². The van der Waals surface area contributed by atoms with Gasteiger partial charge in [0, 0.05) is 6.54 Å². The molecule has 2 amide bonds. The van der Waals surface area contributed by atoms with Crippen LogP contribution in [-0.4, -0.2) is 48.1 Å². The van der Waals surface area contributed by atoms with Crippen molar-refractivity contribution in [1.82, 2.24) is 10.2 Å². The SMILES string of the molecule is CC(C)[C@H](N)C(=O)NC1CCN(CC(F)(F)F)C1=O.Cl. The number of rotatable bonds is 4. The maximum absolute atomic E-state index is 12.2. The van der Waals surface area contributed by atoms with Crippen molar-refractivity contribution in [3.05, 3.63) is 0 Å². The summed E-state index contributed by atoms with van der Waals surface area (Å²) in [4.78, 5) is 24.0. The maximum atomic E-state index is 12.2. The number of nitrogens with two attached hydrogens (primary N) is 1. The van der Waals surface area contributed by atoms with Crippen LogP contribution in [0.2, 0.25) is 0 Å². The first-order valence-corrected chi connectivity index (χ1v) is 6.03. The van der Waals surface area contributed by atoms with Crippen molar-refractivity contribution < 1.29 is 22.8 Å². The molecular formula is C11H19ClF3N3O2. The summed E-state index contributed by atoms with van der Waals surface area (Å²) < 4.78 is 36.6. The van der Waals surface area contributed by atoms with E-state index in [-0.39, 0.29) is 31.3 Å². The molecule has 0 spiro atoms. The van der Waals surface area contributed by atoms with Crippen LogP contribution in [0.25, 0.3) is 0 Å². The highest BCUT2D eigenvalue weighted by Gasteiger charge is 2.40. The minimum absolute atomic E-state index is 0. The topological polar surface area (TPSA) is 75.4 Å². The second-order valence-electron chi connectivity index (χ2n) is 4.99. The minimum atomic E-state index is -4.43. The molecule has 20 heavy (non-hydrogen) atoms. The van der Waals surface area contributed by atoms with Crippen molar-refractivity contribution in [2.45, 2.75) is 38.5 Å². The second-order valence-corrected chi connectivity index (χ2v) is 4.99. The number of likely N-dealkylation sites (tertiary alicyclic amines) is 1. The molecule has 0 saturated carbocycles. The number of hydrogen-bond acceptors (Lipinski definition) is 3. The first-order chi connectivity index (χ1) is 8.61. The van der Waals surface area contributed by atoms with Crippen LogP contribution in [0.3, 0.4) is 0 Å². The van der Waals surface area contributed by atoms with E-state index in [1.807, 2.05) is 0 Å². The lowest BCUT2D eigenvalue weighted by Gasteiger charge is -2.20. The lowest BCUT2D eigenvalue weighted by molar-refractivity contribution is -0.158. The maximum Gasteiger partial charge on any atom is 0.406 e. The smallest absolute Gasteiger partial charge is 0.343 e. The first-order valence-electron chi connectivity index (χ1n) is 6.03. The van der Waals surface area contributed by atoms with Gasteiger partial charge in [0.25, 0.3) is 0 Å². The Morgan fingerprint density at radius 2 is 2.05 bits per heavy atom. The van der Waals surface area contributed by atoms with Gasteiger partial charge in [-0.15, -0.1) is 12.4 Å². The zero-order valence-corrected chi connectivity index (χ0v) is 12.1. The van der Waals surface area contributed by atoms with Crippen molar-refractivity contribution in [2.75, 3.05) is 13.1 Å². The molecule has 0 aromatic carbocycles. The molecule has 3 N–H and O–H groups in total. The highest BCUT2D eigenvalue weighted by Crippen LogP contribution is 2.21. The van der Waals surface area contributed by atoms with E-state index in [2.05, 4.69) is 5.32 Å². The van der Waals surface area contributed by atoms with E-state index in [1.165, 1.54) is 0 Å². The summed E-state index contributed by atoms with van der Waals surface area (Å²) in [6.45, 7) is 2.20. The fourth-order valence-corrected chi connectivity index (χ4v) is 1.82. The number of amides is 2. The average molecular weight is 318 g/mol. The Labute approximate surface area is 121 Å². The molecule has 2 atom stereocenters. The molecule has 1 aliphatic rings. The van der Waals surface area contributed by atoms with Crippen molar-refractivity contribution in [3.8, 4) is 0 Å². The second kappa shape index (κ2) is 7.12. The van der Waals surface area contributed by atoms with Gasteiger partial charge in [0.1, 0.15) is 12.6 Å². The van der Waals surface area contributed by atoms with Crippen molar-refractivity contribution in [1.29, 1.82) is 0 Å². The molecule has 0 aliphatic carbocycles. The molecule has 1 heterocycles. The first kappa shape index (κ1) is 19.0. The van der Waals surface area contributed by atoms with Gasteiger partial charge in [-0.05, 0) is 12.3 Å². The molecule has 118 valence electrons. The van der Waals surface area contributed by atoms with E-state index >= 15 is 0 Å². The van der Waals surface area contributed by atoms with E-state index in [4.69, 9.17) is 5.73 Å². The van der Waals surface area contributed by atoms with Crippen LogP contribution in [0.1, 0.15) is 20.3 Å². The summed E-state index contributed by atoms with van der Waals surface area (Å²) >= 11 is 0. The molecule has 0 aromatic heterocycles. The highest BCUT2D eigenvalue weighted by molar-refractivity contribution is 5.91. The van der Waals surface area contributed by atoms with Crippen LogP contribution in [0.15, 0.2) is 0 Å². The molecule has 5 nitrogen and oxygen atoms in total. The number of nitrogens with one attached hydrogen (secondary N) is 1. The quantitative estimate of drug-likeness (QED) is 0.800. The molecule has 1 unspecified atom stereocenters. The molecule has 0 radical (unpaired) electrons. The van der Waals surface area contributed by atoms with Crippen LogP contribution >= 0.6 is 12.4 Å². The van der Waals surface area contributed by atoms with Gasteiger partial charge in [0.15, 0.2) is 0 Å². The number of halogens is 4. The van der Waals surface area contributed by atoms with Crippen LogP contribution in [0.4, 0.5) is 13.2 Å². The standard InChI is InChI=1S/C11H18F3N3O2.ClH/c1-6(2)8(15)9(18)16-7-3-4-17(10(7)19)5-11(12,13)14;/h6-8H,3-5,15H2,1-2H3,(H,16,18);1H/t7?,8-;/m0./s1. The van der Waals surface area contributed by atoms with Crippen molar-refractivity contribution >= 4 is 24.2 Å². The van der Waals surface area contributed by atoms with E-state index < -0.39 is 36.6 Å². The molecule has 0 bridgehead atoms. The van der Waals surface area contributed by atoms with Crippen molar-refractivity contribution in [3.63, 3.8) is 0 Å². The molecule has 1 rings (SSSR count). The lowest BCUT2D eigenvalue weighted by Crippen LogP contribution is -2.50. The molecule has 1 saturated heterocycles. The Balaban J connectivity index is 0.00000361. The van der Waals surface area contributed by atoms with Crippen molar-refractivity contribution in [2.24, 2.45) is 11.7 Å². The largest absolute Gasteiger partial charge is 0.406 e. The normalized spacial score (nSPS) is 20.9. The zero-order valence-electron chi connectivity index (χ0n) is 11.2. The third-order valence-corrected chi connectivity index (χ3v) is 3.01. The number of carbonyl (C=O) groups is 2. The Bertz CT molecular complexity index is 363. The fourth-order valence-electron chi connectivity index (χ4n) is 1.82. The Morgan fingerprint density at radius 1 is 1.50 bits per heavy atom. The molecule has 9 heteroatoms. The van der Waals surface area contributed by atoms with E-state index in [9.17, 15) is 22.8 Å². The van der Waals surface area contributed by atoms with Gasteiger partial charge in [-0.3, -0.25) is 9.59 Å². The van der Waals surface area contributed by atoms with Gasteiger partial charge < -0.3 is 16.0 Å². The number of carbonyl (C=O) groups excluding carboxylic acids is 2. The number of nitrogens with zero attached hydrogens (tertiary/aromatic N) is 1. The molecule has 1 fully saturated rings. The van der Waals surface area contributed by atoms with Gasteiger partial charge in [-0.1, -0.05) is 13.8 Å². The Hall–Kier alpha value is -1.02. The van der Waals surface area contributed by atoms with Crippen LogP contribution in [-0.2, 0) is 9.59 Å². The zero-order chi connectivity index (χ0) is 14.8. The molecular weight excluding hydrogens is 299 g/mol. The Morgan fingerprint density at radius 3 is 2.50 bits per heavy atom. The summed E-state index contributed by atoms with van der Waals surface area (Å²) in [5.74, 6) is -1.33. The van der Waals surface area contributed by atoms with E-state index in [1.54, 1.807) is 13.8 Å². The summed E-state index contributed by atoms with van der Waals surface area (Å²) in [7, 11) is 0. The third kappa shape index (κ3) is 5.16. The van der Waals surface area contributed by atoms with E-state index in [0.717, 1.165) is 0 Å². The predicted octanol–water partition coefficient (Wildman–Crippen LogP) is 0.671. The third-order valence-electron chi connectivity index (χ3n) is 3.01. The van der Waals surface area contributed by atoms with Gasteiger partial charge in [-0.25, -0.2) is 0 Å². The lowest BCUT2D eigenvalue weighted by atomic mass is 10.0. The van der Waals surface area contributed by atoms with Gasteiger partial charge in [0.2, 0.25) is 11.8 Å². The van der Waals surface area contributed by atoms with Crippen LogP contribution < -0.4 is 11.1 Å². The van der Waals surface area contributed by atoms with Gasteiger partial charge in [-0.2, -0.15) is 13.2 Å². The summed E-state index contributed by atoms with van der Waals surface area (Å²) in [6, 6.07) is -1.68. The minimum Gasteiger partial charge on any atom is -0.343 e. The number of hydrogen-bond donors (Lipinski definition) is 2. The number of alkyl halides is 3. The van der Waals surface area contributed by atoms with E-state index in [0.29, 0.717) is 4.90 Å². The molecule has 1 aliphatic heterocycles. The monoisotopic (exact) mass is 317 g/mol. The summed E-state index contributed by atoms with van der Waals surface area (Å²) in [6.07, 6.45) is -4.26. The fraction of sp³-hybridized carbons (Fsp3) is 0.818. The summed E-state index contributed by atoms with van der Waals surface area (Å²) in [5.41, 5.74) is 5.60. The highest BCUT2D eigenvalue weighted by atomic mass is 35.5. The van der Waals surface area contributed by atoms with Crippen LogP contribution in [0, 0.1) is 5.92 Å². The van der Waals surface area contributed by atoms with Crippen LogP contribution in [0.5, 0.6) is 0 Å². The molecule has 0 aromatic rings. The average Bonchev–Trinajstić information content (AvgIpc) is 2.58. The van der Waals surface area contributed by atoms with Gasteiger partial charge >= 0.3 is 6.18 Å².